The second-order valence-corrected chi connectivity index (χ2v) is 3.71. The number of carbonyl (C=O) groups is 1. The van der Waals surface area contributed by atoms with E-state index in [2.05, 4.69) is 10.2 Å². The average molecular weight is 201 g/mol. The van der Waals surface area contributed by atoms with Crippen molar-refractivity contribution in [2.24, 2.45) is 0 Å². The van der Waals surface area contributed by atoms with E-state index >= 15 is 0 Å². The van der Waals surface area contributed by atoms with Gasteiger partial charge in [-0.3, -0.25) is 4.79 Å². The normalized spacial score (nSPS) is 10.0. The first kappa shape index (κ1) is 10.2. The molecular formula is C8H11NO3S. The molecule has 0 aliphatic carbocycles. The maximum atomic E-state index is 10.9. The van der Waals surface area contributed by atoms with E-state index in [1.54, 1.807) is 0 Å². The number of carbonyl (C=O) groups excluding carboxylic acids is 1. The van der Waals surface area contributed by atoms with Crippen molar-refractivity contribution in [1.82, 2.24) is 5.48 Å². The number of hydrogen-bond donors (Lipinski definition) is 2. The second-order valence-electron chi connectivity index (χ2n) is 2.46. The van der Waals surface area contributed by atoms with Gasteiger partial charge in [0.1, 0.15) is 0 Å². The summed E-state index contributed by atoms with van der Waals surface area (Å²) >= 11 is 1.48. The smallest absolute Gasteiger partial charge is 0.310 e. The van der Waals surface area contributed by atoms with Crippen LogP contribution in [-0.2, 0) is 22.5 Å². The molecule has 1 rings (SSSR count). The molecule has 0 saturated carbocycles. The number of methoxy groups -OCH3 is 1. The summed E-state index contributed by atoms with van der Waals surface area (Å²) in [6.07, 6.45) is 0.298. The van der Waals surface area contributed by atoms with Gasteiger partial charge in [0.15, 0.2) is 0 Å². The maximum Gasteiger partial charge on any atom is 0.310 e. The molecule has 0 fully saturated rings. The van der Waals surface area contributed by atoms with Gasteiger partial charge in [0.2, 0.25) is 0 Å². The Morgan fingerprint density at radius 3 is 2.92 bits per heavy atom. The quantitative estimate of drug-likeness (QED) is 0.562. The monoisotopic (exact) mass is 201 g/mol. The largest absolute Gasteiger partial charge is 0.469 e. The maximum absolute atomic E-state index is 10.9. The number of hydrogen-bond acceptors (Lipinski definition) is 5. The van der Waals surface area contributed by atoms with Gasteiger partial charge in [0, 0.05) is 9.75 Å². The summed E-state index contributed by atoms with van der Waals surface area (Å²) in [5.74, 6) is -0.245. The summed E-state index contributed by atoms with van der Waals surface area (Å²) in [5.41, 5.74) is 2.06. The third-order valence-electron chi connectivity index (χ3n) is 1.52. The van der Waals surface area contributed by atoms with Crippen molar-refractivity contribution in [2.75, 3.05) is 7.11 Å². The van der Waals surface area contributed by atoms with E-state index in [1.807, 2.05) is 12.1 Å². The minimum atomic E-state index is -0.245. The Morgan fingerprint density at radius 1 is 1.62 bits per heavy atom. The lowest BCUT2D eigenvalue weighted by Gasteiger charge is -1.94. The van der Waals surface area contributed by atoms with Gasteiger partial charge >= 0.3 is 5.97 Å². The van der Waals surface area contributed by atoms with Crippen molar-refractivity contribution in [2.45, 2.75) is 13.0 Å². The molecule has 5 heteroatoms. The second kappa shape index (κ2) is 4.96. The molecule has 0 aromatic carbocycles. The number of rotatable bonds is 4. The van der Waals surface area contributed by atoms with Gasteiger partial charge in [0.25, 0.3) is 0 Å². The summed E-state index contributed by atoms with van der Waals surface area (Å²) in [6.45, 7) is 0.409. The highest BCUT2D eigenvalue weighted by Crippen LogP contribution is 2.16. The van der Waals surface area contributed by atoms with Crippen LogP contribution in [0.2, 0.25) is 0 Å². The molecule has 0 unspecified atom stereocenters. The molecular weight excluding hydrogens is 190 g/mol. The van der Waals surface area contributed by atoms with Crippen LogP contribution >= 0.6 is 11.3 Å². The van der Waals surface area contributed by atoms with Crippen LogP contribution in [0.3, 0.4) is 0 Å². The van der Waals surface area contributed by atoms with Gasteiger partial charge in [0.05, 0.1) is 20.1 Å². The lowest BCUT2D eigenvalue weighted by molar-refractivity contribution is -0.139. The molecule has 0 atom stereocenters. The van der Waals surface area contributed by atoms with Crippen molar-refractivity contribution in [1.29, 1.82) is 0 Å². The molecule has 1 heterocycles. The number of thiophene rings is 1. The SMILES string of the molecule is COC(=O)Cc1ccc(CNO)s1. The zero-order valence-corrected chi connectivity index (χ0v) is 8.06. The zero-order valence-electron chi connectivity index (χ0n) is 7.24. The van der Waals surface area contributed by atoms with Gasteiger partial charge in [-0.25, -0.2) is 5.48 Å². The fourth-order valence-corrected chi connectivity index (χ4v) is 1.84. The summed E-state index contributed by atoms with van der Waals surface area (Å²) in [5, 5.41) is 8.42. The van der Waals surface area contributed by atoms with Crippen LogP contribution in [0.1, 0.15) is 9.75 Å². The van der Waals surface area contributed by atoms with Crippen LogP contribution < -0.4 is 5.48 Å². The standard InChI is InChI=1S/C8H11NO3S/c1-12-8(10)4-6-2-3-7(13-6)5-9-11/h2-3,9,11H,4-5H2,1H3. The van der Waals surface area contributed by atoms with E-state index < -0.39 is 0 Å². The Kier molecular flexibility index (Phi) is 3.88. The van der Waals surface area contributed by atoms with Crippen molar-refractivity contribution < 1.29 is 14.7 Å². The topological polar surface area (TPSA) is 58.6 Å². The van der Waals surface area contributed by atoms with Crippen LogP contribution in [0.5, 0.6) is 0 Å². The van der Waals surface area contributed by atoms with Gasteiger partial charge in [-0.05, 0) is 12.1 Å². The first-order valence-corrected chi connectivity index (χ1v) is 4.59. The molecule has 1 aromatic heterocycles. The van der Waals surface area contributed by atoms with E-state index in [0.717, 1.165) is 9.75 Å². The van der Waals surface area contributed by atoms with Gasteiger partial charge in [-0.2, -0.15) is 0 Å². The van der Waals surface area contributed by atoms with E-state index in [4.69, 9.17) is 5.21 Å². The molecule has 0 saturated heterocycles. The van der Waals surface area contributed by atoms with E-state index in [0.29, 0.717) is 13.0 Å². The lowest BCUT2D eigenvalue weighted by atomic mass is 10.3. The van der Waals surface area contributed by atoms with Gasteiger partial charge in [-0.1, -0.05) is 0 Å². The van der Waals surface area contributed by atoms with Crippen molar-refractivity contribution in [3.8, 4) is 0 Å². The van der Waals surface area contributed by atoms with Gasteiger partial charge < -0.3 is 9.94 Å². The summed E-state index contributed by atoms with van der Waals surface area (Å²) in [4.78, 5) is 12.8. The molecule has 0 amide bonds. The Balaban J connectivity index is 2.53. The van der Waals surface area contributed by atoms with Crippen LogP contribution in [0.4, 0.5) is 0 Å². The minimum absolute atomic E-state index is 0.245. The molecule has 1 aromatic rings. The van der Waals surface area contributed by atoms with Crippen LogP contribution in [-0.4, -0.2) is 18.3 Å². The number of hydroxylamine groups is 1. The minimum Gasteiger partial charge on any atom is -0.469 e. The number of nitrogens with one attached hydrogen (secondary N) is 1. The van der Waals surface area contributed by atoms with Crippen LogP contribution in [0, 0.1) is 0 Å². The molecule has 2 N–H and O–H groups in total. The fourth-order valence-electron chi connectivity index (χ4n) is 0.905. The third-order valence-corrected chi connectivity index (χ3v) is 2.60. The molecule has 4 nitrogen and oxygen atoms in total. The molecule has 13 heavy (non-hydrogen) atoms. The third kappa shape index (κ3) is 3.14. The average Bonchev–Trinajstić information content (AvgIpc) is 2.53. The summed E-state index contributed by atoms with van der Waals surface area (Å²) in [6, 6.07) is 3.72. The van der Waals surface area contributed by atoms with Crippen LogP contribution in [0.15, 0.2) is 12.1 Å². The van der Waals surface area contributed by atoms with E-state index in [9.17, 15) is 4.79 Å². The highest BCUT2D eigenvalue weighted by molar-refractivity contribution is 7.12. The van der Waals surface area contributed by atoms with Crippen LogP contribution in [0.25, 0.3) is 0 Å². The highest BCUT2D eigenvalue weighted by atomic mass is 32.1. The predicted molar refractivity (Wildman–Crippen MR) is 48.7 cm³/mol. The molecule has 0 aliphatic heterocycles. The summed E-state index contributed by atoms with van der Waals surface area (Å²) < 4.78 is 4.53. The Bertz CT molecular complexity index is 285. The van der Waals surface area contributed by atoms with Crippen molar-refractivity contribution in [3.63, 3.8) is 0 Å². The number of esters is 1. The molecule has 0 bridgehead atoms. The Labute approximate surface area is 80.1 Å². The highest BCUT2D eigenvalue weighted by Gasteiger charge is 2.05. The Morgan fingerprint density at radius 2 is 2.31 bits per heavy atom. The molecule has 72 valence electrons. The number of ether oxygens (including phenoxy) is 1. The molecule has 0 aliphatic rings. The predicted octanol–water partition coefficient (Wildman–Crippen LogP) is 0.942. The van der Waals surface area contributed by atoms with Gasteiger partial charge in [-0.15, -0.1) is 11.3 Å². The lowest BCUT2D eigenvalue weighted by Crippen LogP contribution is -2.04. The molecule has 0 spiro atoms. The first-order chi connectivity index (χ1) is 6.26. The van der Waals surface area contributed by atoms with Crippen molar-refractivity contribution in [3.05, 3.63) is 21.9 Å². The Hall–Kier alpha value is -0.910. The van der Waals surface area contributed by atoms with E-state index in [-0.39, 0.29) is 5.97 Å². The molecule has 0 radical (unpaired) electrons. The first-order valence-electron chi connectivity index (χ1n) is 3.77. The van der Waals surface area contributed by atoms with Crippen molar-refractivity contribution >= 4 is 17.3 Å². The summed E-state index contributed by atoms with van der Waals surface area (Å²) in [7, 11) is 1.37. The fraction of sp³-hybridized carbons (Fsp3) is 0.375. The van der Waals surface area contributed by atoms with E-state index in [1.165, 1.54) is 18.4 Å². The zero-order chi connectivity index (χ0) is 9.68.